The van der Waals surface area contributed by atoms with Crippen molar-refractivity contribution in [1.82, 2.24) is 40.1 Å². The summed E-state index contributed by atoms with van der Waals surface area (Å²) in [5, 5.41) is 11.4. The fraction of sp³-hybridized carbons (Fsp3) is 0.217. The SMILES string of the molecule is Nc1nccc(-c2cnc([C@@H]3CC[C@@H]4CC(c5c(-n6cnnn6)ccc(Cl)c5F)=CC(=O)N43)[nH]2)c1Cl. The van der Waals surface area contributed by atoms with Gasteiger partial charge >= 0.3 is 0 Å². The molecule has 10 nitrogen and oxygen atoms in total. The number of benzene rings is 1. The van der Waals surface area contributed by atoms with E-state index >= 15 is 4.39 Å². The van der Waals surface area contributed by atoms with Crippen molar-refractivity contribution in [3.63, 3.8) is 0 Å². The summed E-state index contributed by atoms with van der Waals surface area (Å²) < 4.78 is 16.6. The second kappa shape index (κ2) is 8.68. The number of imidazole rings is 1. The van der Waals surface area contributed by atoms with Gasteiger partial charge < -0.3 is 15.6 Å². The van der Waals surface area contributed by atoms with E-state index in [1.165, 1.54) is 23.2 Å². The number of hydrogen-bond acceptors (Lipinski definition) is 7. The molecule has 3 N–H and O–H groups in total. The average molecular weight is 526 g/mol. The van der Waals surface area contributed by atoms with Gasteiger partial charge in [0.15, 0.2) is 5.82 Å². The number of nitrogens with one attached hydrogen (secondary N) is 1. The number of tetrazole rings is 1. The smallest absolute Gasteiger partial charge is 0.247 e. The molecule has 2 aliphatic rings. The van der Waals surface area contributed by atoms with Gasteiger partial charge in [0, 0.05) is 29.4 Å². The highest BCUT2D eigenvalue weighted by atomic mass is 35.5. The summed E-state index contributed by atoms with van der Waals surface area (Å²) in [7, 11) is 0. The van der Waals surface area contributed by atoms with E-state index < -0.39 is 5.82 Å². The summed E-state index contributed by atoms with van der Waals surface area (Å²) in [6.07, 6.45) is 7.95. The molecule has 3 aromatic heterocycles. The number of pyridine rings is 1. The van der Waals surface area contributed by atoms with E-state index in [1.807, 2.05) is 0 Å². The Hall–Kier alpha value is -3.83. The van der Waals surface area contributed by atoms with Crippen LogP contribution in [0, 0.1) is 5.82 Å². The van der Waals surface area contributed by atoms with Crippen molar-refractivity contribution in [3.05, 3.63) is 70.2 Å². The molecule has 182 valence electrons. The van der Waals surface area contributed by atoms with E-state index in [2.05, 4.69) is 30.5 Å². The minimum absolute atomic E-state index is 0.0413. The number of aromatic amines is 1. The molecular weight excluding hydrogens is 508 g/mol. The van der Waals surface area contributed by atoms with Gasteiger partial charge in [0.2, 0.25) is 5.91 Å². The lowest BCUT2D eigenvalue weighted by molar-refractivity contribution is -0.129. The number of nitrogens with zero attached hydrogens (tertiary/aromatic N) is 7. The van der Waals surface area contributed by atoms with E-state index in [0.29, 0.717) is 46.2 Å². The number of hydrogen-bond donors (Lipinski definition) is 2. The molecule has 4 aromatic rings. The number of nitrogens with two attached hydrogens (primary N) is 1. The summed E-state index contributed by atoms with van der Waals surface area (Å²) in [4.78, 5) is 27.0. The minimum Gasteiger partial charge on any atom is -0.382 e. The van der Waals surface area contributed by atoms with Gasteiger partial charge in [0.05, 0.1) is 33.7 Å². The van der Waals surface area contributed by atoms with Gasteiger partial charge in [-0.2, -0.15) is 4.68 Å². The van der Waals surface area contributed by atoms with E-state index in [-0.39, 0.29) is 34.4 Å². The highest BCUT2D eigenvalue weighted by Crippen LogP contribution is 2.44. The monoisotopic (exact) mass is 525 g/mol. The summed E-state index contributed by atoms with van der Waals surface area (Å²) >= 11 is 12.4. The lowest BCUT2D eigenvalue weighted by Gasteiger charge is -2.33. The summed E-state index contributed by atoms with van der Waals surface area (Å²) in [5.41, 5.74) is 8.37. The second-order valence-corrected chi connectivity index (χ2v) is 9.40. The third-order valence-corrected chi connectivity index (χ3v) is 7.31. The Balaban J connectivity index is 1.34. The zero-order valence-electron chi connectivity index (χ0n) is 18.6. The molecule has 0 spiro atoms. The number of H-pyrrole nitrogens is 1. The lowest BCUT2D eigenvalue weighted by atomic mass is 9.92. The van der Waals surface area contributed by atoms with Crippen LogP contribution in [0.25, 0.3) is 22.5 Å². The molecule has 0 unspecified atom stereocenters. The van der Waals surface area contributed by atoms with Crippen LogP contribution >= 0.6 is 23.2 Å². The topological polar surface area (TPSA) is 132 Å². The van der Waals surface area contributed by atoms with Crippen LogP contribution in [-0.4, -0.2) is 52.0 Å². The lowest BCUT2D eigenvalue weighted by Crippen LogP contribution is -2.39. The van der Waals surface area contributed by atoms with Crippen molar-refractivity contribution in [2.45, 2.75) is 31.3 Å². The summed E-state index contributed by atoms with van der Waals surface area (Å²) in [6.45, 7) is 0. The molecule has 1 saturated heterocycles. The van der Waals surface area contributed by atoms with Crippen LogP contribution in [0.5, 0.6) is 0 Å². The Labute approximate surface area is 213 Å². The molecule has 0 radical (unpaired) electrons. The second-order valence-electron chi connectivity index (χ2n) is 8.62. The van der Waals surface area contributed by atoms with E-state index in [4.69, 9.17) is 28.9 Å². The predicted molar refractivity (Wildman–Crippen MR) is 131 cm³/mol. The number of halogens is 3. The predicted octanol–water partition coefficient (Wildman–Crippen LogP) is 3.99. The number of aromatic nitrogens is 7. The van der Waals surface area contributed by atoms with Crippen molar-refractivity contribution in [3.8, 4) is 16.9 Å². The Morgan fingerprint density at radius 2 is 2.03 bits per heavy atom. The molecule has 6 rings (SSSR count). The number of fused-ring (bicyclic) bond motifs is 1. The molecule has 0 saturated carbocycles. The first-order valence-electron chi connectivity index (χ1n) is 11.1. The quantitative estimate of drug-likeness (QED) is 0.411. The fourth-order valence-corrected chi connectivity index (χ4v) is 5.39. The number of nitrogen functional groups attached to an aromatic ring is 1. The minimum atomic E-state index is -0.615. The third kappa shape index (κ3) is 3.62. The first-order valence-corrected chi connectivity index (χ1v) is 11.9. The number of carbonyl (C=O) groups excluding carboxylic acids is 1. The van der Waals surface area contributed by atoms with Crippen LogP contribution in [0.1, 0.15) is 36.7 Å². The van der Waals surface area contributed by atoms with E-state index in [0.717, 1.165) is 6.42 Å². The molecular formula is C23H18Cl2FN9O. The average Bonchev–Trinajstić information content (AvgIpc) is 3.63. The maximum absolute atomic E-state index is 15.3. The standard InChI is InChI=1S/C23H18Cl2FN9O/c24-14-2-4-16(34-10-30-32-33-34)19(21(14)26)11-7-12-1-3-17(35(12)18(36)8-11)23-29-9-15(31-23)13-5-6-28-22(27)20(13)25/h2,4-6,8-10,12,17H,1,3,7H2,(H2,27,28)(H,29,31)/t12-,17+/m1/s1. The zero-order valence-corrected chi connectivity index (χ0v) is 20.1. The van der Waals surface area contributed by atoms with Crippen molar-refractivity contribution in [2.75, 3.05) is 5.73 Å². The van der Waals surface area contributed by atoms with Crippen molar-refractivity contribution in [2.24, 2.45) is 0 Å². The Morgan fingerprint density at radius 3 is 2.83 bits per heavy atom. The molecule has 13 heteroatoms. The number of amides is 1. The molecule has 1 fully saturated rings. The largest absolute Gasteiger partial charge is 0.382 e. The van der Waals surface area contributed by atoms with Gasteiger partial charge in [0.25, 0.3) is 0 Å². The first kappa shape index (κ1) is 22.6. The maximum atomic E-state index is 15.3. The van der Waals surface area contributed by atoms with E-state index in [9.17, 15) is 4.79 Å². The molecule has 1 amide bonds. The van der Waals surface area contributed by atoms with Crippen molar-refractivity contribution >= 4 is 40.5 Å². The van der Waals surface area contributed by atoms with Gasteiger partial charge in [-0.15, -0.1) is 5.10 Å². The summed E-state index contributed by atoms with van der Waals surface area (Å²) in [5.74, 6) is 0.0303. The first-order chi connectivity index (χ1) is 17.4. The Kier molecular flexibility index (Phi) is 5.45. The van der Waals surface area contributed by atoms with E-state index in [1.54, 1.807) is 29.4 Å². The third-order valence-electron chi connectivity index (χ3n) is 6.62. The molecule has 0 aliphatic carbocycles. The number of anilines is 1. The molecule has 36 heavy (non-hydrogen) atoms. The van der Waals surface area contributed by atoms with Crippen molar-refractivity contribution < 1.29 is 9.18 Å². The van der Waals surface area contributed by atoms with Gasteiger partial charge in [-0.1, -0.05) is 23.2 Å². The number of carbonyl (C=O) groups is 1. The Morgan fingerprint density at radius 1 is 1.17 bits per heavy atom. The van der Waals surface area contributed by atoms with Gasteiger partial charge in [0.1, 0.15) is 18.0 Å². The zero-order chi connectivity index (χ0) is 25.0. The highest BCUT2D eigenvalue weighted by molar-refractivity contribution is 6.35. The normalized spacial score (nSPS) is 19.5. The van der Waals surface area contributed by atoms with Crippen LogP contribution in [0.15, 0.2) is 43.0 Å². The van der Waals surface area contributed by atoms with Crippen LogP contribution in [-0.2, 0) is 4.79 Å². The Bertz CT molecular complexity index is 1520. The van der Waals surface area contributed by atoms with Crippen LogP contribution in [0.4, 0.5) is 10.2 Å². The van der Waals surface area contributed by atoms with Crippen LogP contribution in [0.2, 0.25) is 10.0 Å². The van der Waals surface area contributed by atoms with Crippen LogP contribution < -0.4 is 5.73 Å². The summed E-state index contributed by atoms with van der Waals surface area (Å²) in [6, 6.07) is 4.44. The molecule has 0 bridgehead atoms. The maximum Gasteiger partial charge on any atom is 0.247 e. The highest BCUT2D eigenvalue weighted by Gasteiger charge is 2.42. The van der Waals surface area contributed by atoms with Crippen molar-refractivity contribution in [1.29, 1.82) is 0 Å². The fourth-order valence-electron chi connectivity index (χ4n) is 5.02. The van der Waals surface area contributed by atoms with Gasteiger partial charge in [-0.3, -0.25) is 4.79 Å². The molecule has 5 heterocycles. The molecule has 2 atom stereocenters. The van der Waals surface area contributed by atoms with Crippen LogP contribution in [0.3, 0.4) is 0 Å². The van der Waals surface area contributed by atoms with Gasteiger partial charge in [-0.25, -0.2) is 14.4 Å². The molecule has 1 aromatic carbocycles. The van der Waals surface area contributed by atoms with Gasteiger partial charge in [-0.05, 0) is 53.5 Å². The molecule has 2 aliphatic heterocycles. The number of rotatable bonds is 4.